The molecular formula is C22H21NO2. The molecule has 0 amide bonds. The number of rotatable bonds is 5. The van der Waals surface area contributed by atoms with Crippen LogP contribution < -0.4 is 9.64 Å². The molecule has 0 atom stereocenters. The van der Waals surface area contributed by atoms with Crippen molar-refractivity contribution in [2.45, 2.75) is 6.92 Å². The molecule has 0 spiro atoms. The van der Waals surface area contributed by atoms with E-state index in [4.69, 9.17) is 4.74 Å². The van der Waals surface area contributed by atoms with E-state index in [9.17, 15) is 4.79 Å². The van der Waals surface area contributed by atoms with Gasteiger partial charge in [0.15, 0.2) is 5.78 Å². The molecule has 3 aromatic rings. The summed E-state index contributed by atoms with van der Waals surface area (Å²) in [6.07, 6.45) is 0. The molecule has 0 aromatic heterocycles. The fourth-order valence-electron chi connectivity index (χ4n) is 2.66. The average Bonchev–Trinajstić information content (AvgIpc) is 2.67. The molecule has 3 rings (SSSR count). The summed E-state index contributed by atoms with van der Waals surface area (Å²) in [6, 6.07) is 23.2. The first kappa shape index (κ1) is 16.8. The molecule has 0 bridgehead atoms. The van der Waals surface area contributed by atoms with Crippen molar-refractivity contribution in [3.63, 3.8) is 0 Å². The van der Waals surface area contributed by atoms with Gasteiger partial charge in [0.2, 0.25) is 0 Å². The number of ether oxygens (including phenoxy) is 1. The average molecular weight is 331 g/mol. The molecule has 126 valence electrons. The highest BCUT2D eigenvalue weighted by Crippen LogP contribution is 2.25. The smallest absolute Gasteiger partial charge is 0.193 e. The van der Waals surface area contributed by atoms with Gasteiger partial charge in [-0.2, -0.15) is 0 Å². The summed E-state index contributed by atoms with van der Waals surface area (Å²) >= 11 is 0. The van der Waals surface area contributed by atoms with Crippen molar-refractivity contribution >= 4 is 17.2 Å². The van der Waals surface area contributed by atoms with Gasteiger partial charge in [-0.1, -0.05) is 17.7 Å². The van der Waals surface area contributed by atoms with E-state index in [2.05, 4.69) is 36.1 Å². The molecule has 0 heterocycles. The molecule has 3 nitrogen and oxygen atoms in total. The number of hydrogen-bond acceptors (Lipinski definition) is 3. The number of methoxy groups -OCH3 is 1. The maximum absolute atomic E-state index is 12.6. The first-order chi connectivity index (χ1) is 12.1. The minimum Gasteiger partial charge on any atom is -0.497 e. The van der Waals surface area contributed by atoms with Crippen molar-refractivity contribution in [2.24, 2.45) is 0 Å². The van der Waals surface area contributed by atoms with Crippen molar-refractivity contribution in [1.29, 1.82) is 0 Å². The Bertz CT molecular complexity index is 850. The van der Waals surface area contributed by atoms with Crippen LogP contribution in [-0.2, 0) is 0 Å². The van der Waals surface area contributed by atoms with Crippen LogP contribution in [0.25, 0.3) is 0 Å². The second-order valence-electron chi connectivity index (χ2n) is 6.00. The number of nitrogens with zero attached hydrogens (tertiary/aromatic N) is 1. The largest absolute Gasteiger partial charge is 0.497 e. The van der Waals surface area contributed by atoms with Crippen LogP contribution in [0.15, 0.2) is 72.8 Å². The standard InChI is InChI=1S/C22H21NO2/c1-16-4-10-19(11-5-16)23(2)20-12-6-17(7-13-20)22(24)18-8-14-21(25-3)15-9-18/h4-15H,1-3H3. The van der Waals surface area contributed by atoms with Gasteiger partial charge in [-0.25, -0.2) is 0 Å². The number of aryl methyl sites for hydroxylation is 1. The zero-order valence-corrected chi connectivity index (χ0v) is 14.7. The van der Waals surface area contributed by atoms with E-state index < -0.39 is 0 Å². The first-order valence-corrected chi connectivity index (χ1v) is 8.18. The van der Waals surface area contributed by atoms with Gasteiger partial charge in [0, 0.05) is 29.5 Å². The Morgan fingerprint density at radius 1 is 0.760 bits per heavy atom. The Balaban J connectivity index is 1.79. The number of ketones is 1. The number of carbonyl (C=O) groups excluding carboxylic acids is 1. The zero-order valence-electron chi connectivity index (χ0n) is 14.7. The number of hydrogen-bond donors (Lipinski definition) is 0. The minimum absolute atomic E-state index is 0.00666. The fourth-order valence-corrected chi connectivity index (χ4v) is 2.66. The molecular weight excluding hydrogens is 310 g/mol. The van der Waals surface area contributed by atoms with Crippen molar-refractivity contribution in [1.82, 2.24) is 0 Å². The van der Waals surface area contributed by atoms with E-state index in [0.717, 1.165) is 17.1 Å². The minimum atomic E-state index is 0.00666. The molecule has 25 heavy (non-hydrogen) atoms. The van der Waals surface area contributed by atoms with Gasteiger partial charge in [-0.05, 0) is 67.6 Å². The molecule has 3 heteroatoms. The third kappa shape index (κ3) is 3.72. The monoisotopic (exact) mass is 331 g/mol. The molecule has 0 aliphatic rings. The van der Waals surface area contributed by atoms with Crippen LogP contribution in [0, 0.1) is 6.92 Å². The Morgan fingerprint density at radius 3 is 1.68 bits per heavy atom. The maximum Gasteiger partial charge on any atom is 0.193 e. The van der Waals surface area contributed by atoms with Crippen LogP contribution in [0.1, 0.15) is 21.5 Å². The summed E-state index contributed by atoms with van der Waals surface area (Å²) in [5.74, 6) is 0.749. The normalized spacial score (nSPS) is 10.4. The Morgan fingerprint density at radius 2 is 1.20 bits per heavy atom. The lowest BCUT2D eigenvalue weighted by atomic mass is 10.0. The van der Waals surface area contributed by atoms with E-state index in [0.29, 0.717) is 11.1 Å². The molecule has 0 aliphatic carbocycles. The van der Waals surface area contributed by atoms with Gasteiger partial charge < -0.3 is 9.64 Å². The predicted molar refractivity (Wildman–Crippen MR) is 102 cm³/mol. The summed E-state index contributed by atoms with van der Waals surface area (Å²) in [6.45, 7) is 2.07. The lowest BCUT2D eigenvalue weighted by Gasteiger charge is -2.20. The summed E-state index contributed by atoms with van der Waals surface area (Å²) in [5, 5.41) is 0. The molecule has 3 aromatic carbocycles. The van der Waals surface area contributed by atoms with Crippen molar-refractivity contribution < 1.29 is 9.53 Å². The molecule has 0 saturated heterocycles. The van der Waals surface area contributed by atoms with Gasteiger partial charge in [-0.15, -0.1) is 0 Å². The van der Waals surface area contributed by atoms with Crippen molar-refractivity contribution in [2.75, 3.05) is 19.1 Å². The molecule has 0 saturated carbocycles. The summed E-state index contributed by atoms with van der Waals surface area (Å²) in [4.78, 5) is 14.7. The van der Waals surface area contributed by atoms with Crippen LogP contribution in [0.3, 0.4) is 0 Å². The fraction of sp³-hybridized carbons (Fsp3) is 0.136. The highest BCUT2D eigenvalue weighted by atomic mass is 16.5. The van der Waals surface area contributed by atoms with Crippen LogP contribution in [0.2, 0.25) is 0 Å². The van der Waals surface area contributed by atoms with E-state index in [1.165, 1.54) is 5.56 Å². The van der Waals surface area contributed by atoms with E-state index in [1.54, 1.807) is 31.4 Å². The van der Waals surface area contributed by atoms with Gasteiger partial charge in [0.05, 0.1) is 7.11 Å². The zero-order chi connectivity index (χ0) is 17.8. The van der Waals surface area contributed by atoms with E-state index in [-0.39, 0.29) is 5.78 Å². The Labute approximate surface area is 148 Å². The van der Waals surface area contributed by atoms with Crippen LogP contribution in [0.4, 0.5) is 11.4 Å². The topological polar surface area (TPSA) is 29.5 Å². The third-order valence-electron chi connectivity index (χ3n) is 4.29. The first-order valence-electron chi connectivity index (χ1n) is 8.18. The second-order valence-corrected chi connectivity index (χ2v) is 6.00. The molecule has 0 aliphatic heterocycles. The van der Waals surface area contributed by atoms with Gasteiger partial charge >= 0.3 is 0 Å². The van der Waals surface area contributed by atoms with E-state index in [1.807, 2.05) is 31.3 Å². The van der Waals surface area contributed by atoms with Gasteiger partial charge in [0.25, 0.3) is 0 Å². The highest BCUT2D eigenvalue weighted by molar-refractivity contribution is 6.09. The quantitative estimate of drug-likeness (QED) is 0.616. The highest BCUT2D eigenvalue weighted by Gasteiger charge is 2.10. The Kier molecular flexibility index (Phi) is 4.85. The number of benzene rings is 3. The number of anilines is 2. The van der Waals surface area contributed by atoms with E-state index >= 15 is 0 Å². The summed E-state index contributed by atoms with van der Waals surface area (Å²) < 4.78 is 5.13. The lowest BCUT2D eigenvalue weighted by molar-refractivity contribution is 0.103. The summed E-state index contributed by atoms with van der Waals surface area (Å²) in [7, 11) is 3.63. The van der Waals surface area contributed by atoms with Crippen LogP contribution in [-0.4, -0.2) is 19.9 Å². The van der Waals surface area contributed by atoms with Crippen LogP contribution in [0.5, 0.6) is 5.75 Å². The number of carbonyl (C=O) groups is 1. The maximum atomic E-state index is 12.6. The molecule has 0 fully saturated rings. The predicted octanol–water partition coefficient (Wildman–Crippen LogP) is 5.00. The van der Waals surface area contributed by atoms with Crippen molar-refractivity contribution in [3.8, 4) is 5.75 Å². The van der Waals surface area contributed by atoms with Gasteiger partial charge in [-0.3, -0.25) is 4.79 Å². The molecule has 0 radical (unpaired) electrons. The SMILES string of the molecule is COc1ccc(C(=O)c2ccc(N(C)c3ccc(C)cc3)cc2)cc1. The molecule has 0 N–H and O–H groups in total. The van der Waals surface area contributed by atoms with Crippen molar-refractivity contribution in [3.05, 3.63) is 89.5 Å². The van der Waals surface area contributed by atoms with Gasteiger partial charge in [0.1, 0.15) is 5.75 Å². The lowest BCUT2D eigenvalue weighted by Crippen LogP contribution is -2.09. The third-order valence-corrected chi connectivity index (χ3v) is 4.29. The Hall–Kier alpha value is -3.07. The molecule has 0 unspecified atom stereocenters. The van der Waals surface area contributed by atoms with Crippen LogP contribution >= 0.6 is 0 Å². The second kappa shape index (κ2) is 7.22. The summed E-state index contributed by atoms with van der Waals surface area (Å²) in [5.41, 5.74) is 4.71.